The third-order valence-corrected chi connectivity index (χ3v) is 5.78. The number of aromatic nitrogens is 2. The van der Waals surface area contributed by atoms with E-state index in [0.29, 0.717) is 23.7 Å². The van der Waals surface area contributed by atoms with Crippen molar-refractivity contribution in [1.82, 2.24) is 20.4 Å². The second-order valence-corrected chi connectivity index (χ2v) is 7.83. The minimum Gasteiger partial charge on any atom is -0.497 e. The van der Waals surface area contributed by atoms with Crippen molar-refractivity contribution in [3.8, 4) is 17.2 Å². The Balaban J connectivity index is 1.29. The van der Waals surface area contributed by atoms with E-state index in [4.69, 9.17) is 9.26 Å². The van der Waals surface area contributed by atoms with Crippen LogP contribution in [0.2, 0.25) is 0 Å². The molecule has 4 rings (SSSR count). The van der Waals surface area contributed by atoms with Crippen molar-refractivity contribution in [2.24, 2.45) is 5.92 Å². The lowest BCUT2D eigenvalue weighted by Crippen LogP contribution is -2.44. The minimum absolute atomic E-state index is 0.0847. The fraction of sp³-hybridized carbons (Fsp3) is 0.571. The molecule has 1 saturated carbocycles. The van der Waals surface area contributed by atoms with Gasteiger partial charge in [-0.05, 0) is 49.4 Å². The van der Waals surface area contributed by atoms with Gasteiger partial charge >= 0.3 is 6.03 Å². The van der Waals surface area contributed by atoms with E-state index in [0.717, 1.165) is 50.1 Å². The van der Waals surface area contributed by atoms with Crippen LogP contribution < -0.4 is 10.1 Å². The van der Waals surface area contributed by atoms with Crippen molar-refractivity contribution in [2.75, 3.05) is 20.2 Å². The Morgan fingerprint density at radius 2 is 2.00 bits per heavy atom. The van der Waals surface area contributed by atoms with Crippen LogP contribution in [0.3, 0.4) is 0 Å². The smallest absolute Gasteiger partial charge is 0.317 e. The topological polar surface area (TPSA) is 80.5 Å². The maximum Gasteiger partial charge on any atom is 0.317 e. The highest BCUT2D eigenvalue weighted by molar-refractivity contribution is 5.74. The number of amides is 2. The van der Waals surface area contributed by atoms with Gasteiger partial charge in [-0.3, -0.25) is 0 Å². The number of carbonyl (C=O) groups is 1. The quantitative estimate of drug-likeness (QED) is 0.851. The Hall–Kier alpha value is -2.57. The van der Waals surface area contributed by atoms with Crippen molar-refractivity contribution >= 4 is 6.03 Å². The van der Waals surface area contributed by atoms with Gasteiger partial charge in [-0.15, -0.1) is 0 Å². The molecule has 1 N–H and O–H groups in total. The molecule has 0 radical (unpaired) electrons. The van der Waals surface area contributed by atoms with Crippen LogP contribution in [0.1, 0.15) is 44.3 Å². The highest BCUT2D eigenvalue weighted by atomic mass is 16.5. The predicted octanol–water partition coefficient (Wildman–Crippen LogP) is 3.65. The monoisotopic (exact) mass is 384 g/mol. The highest BCUT2D eigenvalue weighted by Crippen LogP contribution is 2.24. The molecule has 2 aromatic rings. The zero-order valence-corrected chi connectivity index (χ0v) is 16.4. The van der Waals surface area contributed by atoms with Crippen molar-refractivity contribution in [3.05, 3.63) is 30.1 Å². The molecule has 1 atom stereocenters. The summed E-state index contributed by atoms with van der Waals surface area (Å²) in [7, 11) is 1.64. The molecular weight excluding hydrogens is 356 g/mol. The lowest BCUT2D eigenvalue weighted by molar-refractivity contribution is 0.198. The van der Waals surface area contributed by atoms with Crippen LogP contribution in [0.15, 0.2) is 28.8 Å². The maximum atomic E-state index is 12.5. The van der Waals surface area contributed by atoms with E-state index in [1.54, 1.807) is 7.11 Å². The Morgan fingerprint density at radius 3 is 2.75 bits per heavy atom. The van der Waals surface area contributed by atoms with Gasteiger partial charge in [0.1, 0.15) is 5.75 Å². The van der Waals surface area contributed by atoms with Gasteiger partial charge in [0.25, 0.3) is 5.89 Å². The van der Waals surface area contributed by atoms with E-state index < -0.39 is 0 Å². The van der Waals surface area contributed by atoms with Gasteiger partial charge in [0.2, 0.25) is 0 Å². The molecule has 1 saturated heterocycles. The Bertz CT molecular complexity index is 783. The first-order chi connectivity index (χ1) is 13.7. The summed E-state index contributed by atoms with van der Waals surface area (Å²) in [6, 6.07) is 8.00. The molecule has 1 aliphatic carbocycles. The van der Waals surface area contributed by atoms with Crippen LogP contribution in [0.5, 0.6) is 5.75 Å². The first kappa shape index (κ1) is 18.8. The standard InChI is InChI=1S/C21H28N4O3/c1-27-18-9-7-16(8-10-18)20-23-19(24-28-20)13-15-11-12-25(14-15)21(26)22-17-5-3-2-4-6-17/h7-10,15,17H,2-6,11-14H2,1H3,(H,22,26). The third-order valence-electron chi connectivity index (χ3n) is 5.78. The normalized spacial score (nSPS) is 20.3. The number of methoxy groups -OCH3 is 1. The second kappa shape index (κ2) is 8.63. The molecule has 28 heavy (non-hydrogen) atoms. The molecule has 2 amide bonds. The lowest BCUT2D eigenvalue weighted by atomic mass is 9.96. The largest absolute Gasteiger partial charge is 0.497 e. The van der Waals surface area contributed by atoms with Gasteiger partial charge in [-0.2, -0.15) is 4.98 Å². The Kier molecular flexibility index (Phi) is 5.78. The number of likely N-dealkylation sites (tertiary alicyclic amines) is 1. The lowest BCUT2D eigenvalue weighted by Gasteiger charge is -2.26. The van der Waals surface area contributed by atoms with Crippen molar-refractivity contribution in [3.63, 3.8) is 0 Å². The number of carbonyl (C=O) groups excluding carboxylic acids is 1. The van der Waals surface area contributed by atoms with E-state index in [1.165, 1.54) is 19.3 Å². The fourth-order valence-corrected chi connectivity index (χ4v) is 4.14. The Morgan fingerprint density at radius 1 is 1.21 bits per heavy atom. The number of nitrogens with one attached hydrogen (secondary N) is 1. The van der Waals surface area contributed by atoms with Gasteiger partial charge in [-0.25, -0.2) is 4.79 Å². The number of benzene rings is 1. The van der Waals surface area contributed by atoms with Crippen LogP contribution >= 0.6 is 0 Å². The molecule has 2 aliphatic rings. The summed E-state index contributed by atoms with van der Waals surface area (Å²) in [5, 5.41) is 7.33. The summed E-state index contributed by atoms with van der Waals surface area (Å²) in [5.74, 6) is 2.38. The summed E-state index contributed by atoms with van der Waals surface area (Å²) >= 11 is 0. The zero-order chi connectivity index (χ0) is 19.3. The number of nitrogens with zero attached hydrogens (tertiary/aromatic N) is 3. The molecule has 150 valence electrons. The summed E-state index contributed by atoms with van der Waals surface area (Å²) in [6.45, 7) is 1.55. The van der Waals surface area contributed by atoms with E-state index in [-0.39, 0.29) is 6.03 Å². The van der Waals surface area contributed by atoms with Crippen LogP contribution in [0, 0.1) is 5.92 Å². The maximum absolute atomic E-state index is 12.5. The average molecular weight is 384 g/mol. The van der Waals surface area contributed by atoms with Crippen LogP contribution in [-0.2, 0) is 6.42 Å². The van der Waals surface area contributed by atoms with E-state index in [9.17, 15) is 4.79 Å². The first-order valence-corrected chi connectivity index (χ1v) is 10.2. The zero-order valence-electron chi connectivity index (χ0n) is 16.4. The summed E-state index contributed by atoms with van der Waals surface area (Å²) < 4.78 is 10.6. The molecule has 0 bridgehead atoms. The van der Waals surface area contributed by atoms with Crippen LogP contribution in [-0.4, -0.2) is 47.3 Å². The van der Waals surface area contributed by atoms with E-state index >= 15 is 0 Å². The Labute approximate surface area is 165 Å². The van der Waals surface area contributed by atoms with Gasteiger partial charge in [-0.1, -0.05) is 24.4 Å². The number of hydrogen-bond donors (Lipinski definition) is 1. The van der Waals surface area contributed by atoms with Crippen molar-refractivity contribution in [2.45, 2.75) is 51.0 Å². The number of hydrogen-bond acceptors (Lipinski definition) is 5. The molecule has 1 aliphatic heterocycles. The average Bonchev–Trinajstić information content (AvgIpc) is 3.39. The number of rotatable bonds is 5. The molecule has 7 nitrogen and oxygen atoms in total. The molecule has 1 unspecified atom stereocenters. The summed E-state index contributed by atoms with van der Waals surface area (Å²) in [4.78, 5) is 19.0. The molecule has 1 aromatic carbocycles. The number of urea groups is 1. The molecule has 1 aromatic heterocycles. The number of ether oxygens (including phenoxy) is 1. The first-order valence-electron chi connectivity index (χ1n) is 10.2. The molecule has 7 heteroatoms. The predicted molar refractivity (Wildman–Crippen MR) is 105 cm³/mol. The highest BCUT2D eigenvalue weighted by Gasteiger charge is 2.29. The van der Waals surface area contributed by atoms with Gasteiger partial charge in [0.15, 0.2) is 5.82 Å². The second-order valence-electron chi connectivity index (χ2n) is 7.83. The van der Waals surface area contributed by atoms with Crippen molar-refractivity contribution in [1.29, 1.82) is 0 Å². The van der Waals surface area contributed by atoms with Crippen LogP contribution in [0.4, 0.5) is 4.79 Å². The summed E-state index contributed by atoms with van der Waals surface area (Å²) in [5.41, 5.74) is 0.874. The third kappa shape index (κ3) is 4.46. The van der Waals surface area contributed by atoms with Crippen LogP contribution in [0.25, 0.3) is 11.5 Å². The minimum atomic E-state index is 0.0847. The van der Waals surface area contributed by atoms with E-state index in [2.05, 4.69) is 15.5 Å². The van der Waals surface area contributed by atoms with Gasteiger partial charge in [0.05, 0.1) is 7.11 Å². The fourth-order valence-electron chi connectivity index (χ4n) is 4.14. The summed E-state index contributed by atoms with van der Waals surface area (Å²) in [6.07, 6.45) is 7.67. The SMILES string of the molecule is COc1ccc(-c2nc(CC3CCN(C(=O)NC4CCCCC4)C3)no2)cc1. The van der Waals surface area contributed by atoms with Gasteiger partial charge in [0, 0.05) is 31.1 Å². The van der Waals surface area contributed by atoms with Crippen molar-refractivity contribution < 1.29 is 14.1 Å². The molecule has 2 heterocycles. The van der Waals surface area contributed by atoms with Gasteiger partial charge < -0.3 is 19.5 Å². The molecular formula is C21H28N4O3. The molecule has 0 spiro atoms. The molecule has 2 fully saturated rings. The van der Waals surface area contributed by atoms with E-state index in [1.807, 2.05) is 29.2 Å².